The molecule has 0 spiro atoms. The lowest BCUT2D eigenvalue weighted by atomic mass is 10.1. The van der Waals surface area contributed by atoms with E-state index in [0.29, 0.717) is 22.9 Å². The average molecular weight is 397 g/mol. The van der Waals surface area contributed by atoms with Crippen LogP contribution in [-0.2, 0) is 0 Å². The Balaban J connectivity index is 1.93. The van der Waals surface area contributed by atoms with Gasteiger partial charge in [-0.2, -0.15) is 0 Å². The third-order valence-corrected chi connectivity index (χ3v) is 4.65. The van der Waals surface area contributed by atoms with Gasteiger partial charge < -0.3 is 11.5 Å². The molecule has 5 nitrogen and oxygen atoms in total. The Kier molecular flexibility index (Phi) is 5.22. The van der Waals surface area contributed by atoms with Crippen LogP contribution in [0.2, 0.25) is 0 Å². The summed E-state index contributed by atoms with van der Waals surface area (Å²) in [5.41, 5.74) is 15.4. The summed E-state index contributed by atoms with van der Waals surface area (Å²) in [6, 6.07) is 19.4. The number of nitrogen functional groups attached to an aromatic ring is 1. The van der Waals surface area contributed by atoms with E-state index in [-0.39, 0.29) is 5.84 Å². The molecule has 3 aromatic carbocycles. The fraction of sp³-hybridized carbons (Fsp3) is 0.0417. The third kappa shape index (κ3) is 3.75. The van der Waals surface area contributed by atoms with E-state index in [1.807, 2.05) is 67.6 Å². The second-order valence-electron chi connectivity index (χ2n) is 6.70. The van der Waals surface area contributed by atoms with Crippen LogP contribution in [0, 0.1) is 5.82 Å². The number of allylic oxidation sites excluding steroid dienone is 1. The number of anilines is 1. The summed E-state index contributed by atoms with van der Waals surface area (Å²) in [5, 5.41) is 0.739. The molecule has 0 aliphatic rings. The summed E-state index contributed by atoms with van der Waals surface area (Å²) in [6.45, 7) is 1.96. The first-order valence-corrected chi connectivity index (χ1v) is 9.45. The normalized spacial score (nSPS) is 12.0. The van der Waals surface area contributed by atoms with Crippen LogP contribution in [0.3, 0.4) is 0 Å². The van der Waals surface area contributed by atoms with E-state index in [1.165, 1.54) is 18.2 Å². The molecule has 0 saturated carbocycles. The minimum atomic E-state index is -0.439. The molecule has 0 amide bonds. The Bertz CT molecular complexity index is 1290. The molecule has 0 fully saturated rings. The number of aromatic nitrogens is 2. The molecule has 0 radical (unpaired) electrons. The van der Waals surface area contributed by atoms with Crippen LogP contribution in [0.1, 0.15) is 18.1 Å². The van der Waals surface area contributed by atoms with E-state index < -0.39 is 5.82 Å². The van der Waals surface area contributed by atoms with Crippen molar-refractivity contribution < 1.29 is 4.39 Å². The number of fused-ring (bicyclic) bond motifs is 1. The van der Waals surface area contributed by atoms with E-state index >= 15 is 0 Å². The van der Waals surface area contributed by atoms with Crippen LogP contribution < -0.4 is 11.5 Å². The Hall–Kier alpha value is -4.06. The summed E-state index contributed by atoms with van der Waals surface area (Å²) in [4.78, 5) is 13.9. The van der Waals surface area contributed by atoms with Crippen molar-refractivity contribution in [1.82, 2.24) is 9.97 Å². The third-order valence-electron chi connectivity index (χ3n) is 4.65. The molecule has 6 heteroatoms. The van der Waals surface area contributed by atoms with Crippen molar-refractivity contribution in [2.45, 2.75) is 6.92 Å². The molecule has 0 bridgehead atoms. The van der Waals surface area contributed by atoms with Crippen molar-refractivity contribution in [3.05, 3.63) is 89.8 Å². The highest BCUT2D eigenvalue weighted by Crippen LogP contribution is 2.29. The average Bonchev–Trinajstić information content (AvgIpc) is 2.76. The van der Waals surface area contributed by atoms with Crippen LogP contribution in [0.15, 0.2) is 77.8 Å². The highest BCUT2D eigenvalue weighted by molar-refractivity contribution is 6.04. The first kappa shape index (κ1) is 19.3. The van der Waals surface area contributed by atoms with E-state index in [9.17, 15) is 4.39 Å². The lowest BCUT2D eigenvalue weighted by Crippen LogP contribution is -2.15. The molecule has 148 valence electrons. The molecule has 4 rings (SSSR count). The van der Waals surface area contributed by atoms with E-state index in [1.54, 1.807) is 0 Å². The minimum Gasteiger partial charge on any atom is -0.398 e. The first-order valence-electron chi connectivity index (χ1n) is 9.45. The molecule has 1 aromatic heterocycles. The summed E-state index contributed by atoms with van der Waals surface area (Å²) >= 11 is 0. The van der Waals surface area contributed by atoms with Gasteiger partial charge >= 0.3 is 0 Å². The fourth-order valence-corrected chi connectivity index (χ4v) is 3.22. The molecule has 0 saturated heterocycles. The lowest BCUT2D eigenvalue weighted by Gasteiger charge is -2.10. The lowest BCUT2D eigenvalue weighted by molar-refractivity contribution is 0.627. The van der Waals surface area contributed by atoms with Crippen molar-refractivity contribution in [2.75, 3.05) is 5.73 Å². The van der Waals surface area contributed by atoms with Gasteiger partial charge in [0.1, 0.15) is 11.7 Å². The number of para-hydroxylation sites is 1. The molecule has 0 atom stereocenters. The van der Waals surface area contributed by atoms with Crippen molar-refractivity contribution in [3.63, 3.8) is 0 Å². The van der Waals surface area contributed by atoms with Crippen molar-refractivity contribution in [1.29, 1.82) is 0 Å². The smallest absolute Gasteiger partial charge is 0.166 e. The number of amidine groups is 1. The van der Waals surface area contributed by atoms with Gasteiger partial charge in [-0.1, -0.05) is 48.6 Å². The molecular weight excluding hydrogens is 377 g/mol. The maximum absolute atomic E-state index is 13.7. The summed E-state index contributed by atoms with van der Waals surface area (Å²) in [5.74, 6) is 0.572. The predicted molar refractivity (Wildman–Crippen MR) is 121 cm³/mol. The Labute approximate surface area is 173 Å². The topological polar surface area (TPSA) is 90.2 Å². The Morgan fingerprint density at radius 3 is 2.60 bits per heavy atom. The highest BCUT2D eigenvalue weighted by Gasteiger charge is 2.13. The van der Waals surface area contributed by atoms with Gasteiger partial charge in [0.15, 0.2) is 11.6 Å². The quantitative estimate of drug-likeness (QED) is 0.285. The standard InChI is InChI=1S/C24H20FN5/c1-2-7-15-8-3-4-9-17(15)23-28-21-11-6-5-10-18(21)24(30-23)29-22(27)19-14-16(25)12-13-20(19)26/h2-14H,26H2,1H3,(H2,27,28,29,30)/b7-2+. The maximum atomic E-state index is 13.7. The maximum Gasteiger partial charge on any atom is 0.166 e. The Morgan fingerprint density at radius 2 is 1.77 bits per heavy atom. The van der Waals surface area contributed by atoms with Gasteiger partial charge in [-0.05, 0) is 42.8 Å². The molecule has 0 aliphatic carbocycles. The molecule has 4 N–H and O–H groups in total. The van der Waals surface area contributed by atoms with Crippen LogP contribution in [0.5, 0.6) is 0 Å². The van der Waals surface area contributed by atoms with Crippen molar-refractivity contribution >= 4 is 34.3 Å². The molecule has 0 aliphatic heterocycles. The van der Waals surface area contributed by atoms with Crippen LogP contribution in [0.25, 0.3) is 28.4 Å². The number of hydrogen-bond donors (Lipinski definition) is 2. The summed E-state index contributed by atoms with van der Waals surface area (Å²) in [7, 11) is 0. The van der Waals surface area contributed by atoms with Crippen LogP contribution in [-0.4, -0.2) is 15.8 Å². The largest absolute Gasteiger partial charge is 0.398 e. The molecule has 30 heavy (non-hydrogen) atoms. The molecule has 1 heterocycles. The monoisotopic (exact) mass is 397 g/mol. The minimum absolute atomic E-state index is 0.0866. The fourth-order valence-electron chi connectivity index (χ4n) is 3.22. The second-order valence-corrected chi connectivity index (χ2v) is 6.70. The zero-order valence-electron chi connectivity index (χ0n) is 16.4. The summed E-state index contributed by atoms with van der Waals surface area (Å²) < 4.78 is 13.7. The number of halogens is 1. The zero-order valence-corrected chi connectivity index (χ0v) is 16.4. The molecule has 0 unspecified atom stereocenters. The van der Waals surface area contributed by atoms with Crippen molar-refractivity contribution in [3.8, 4) is 11.4 Å². The first-order chi connectivity index (χ1) is 14.6. The van der Waals surface area contributed by atoms with Gasteiger partial charge in [0.25, 0.3) is 0 Å². The van der Waals surface area contributed by atoms with E-state index in [0.717, 1.165) is 22.0 Å². The number of aliphatic imine (C=N–C) groups is 1. The predicted octanol–water partition coefficient (Wildman–Crippen LogP) is 5.09. The highest BCUT2D eigenvalue weighted by atomic mass is 19.1. The number of rotatable bonds is 4. The van der Waals surface area contributed by atoms with Gasteiger partial charge in [-0.25, -0.2) is 19.4 Å². The van der Waals surface area contributed by atoms with Crippen LogP contribution >= 0.6 is 0 Å². The van der Waals surface area contributed by atoms with Gasteiger partial charge in [-0.15, -0.1) is 0 Å². The SMILES string of the molecule is C/C=C/c1ccccc1-c1nc(N=C(N)c2cc(F)ccc2N)c2ccccc2n1. The molecular formula is C24H20FN5. The van der Waals surface area contributed by atoms with Gasteiger partial charge in [-0.3, -0.25) is 0 Å². The number of nitrogens with zero attached hydrogens (tertiary/aromatic N) is 3. The van der Waals surface area contributed by atoms with Gasteiger partial charge in [0, 0.05) is 22.2 Å². The van der Waals surface area contributed by atoms with Crippen molar-refractivity contribution in [2.24, 2.45) is 10.7 Å². The number of nitrogens with two attached hydrogens (primary N) is 2. The number of hydrogen-bond acceptors (Lipinski definition) is 4. The van der Waals surface area contributed by atoms with Crippen LogP contribution in [0.4, 0.5) is 15.9 Å². The van der Waals surface area contributed by atoms with Gasteiger partial charge in [0.05, 0.1) is 5.52 Å². The zero-order chi connectivity index (χ0) is 21.1. The molecule has 4 aromatic rings. The van der Waals surface area contributed by atoms with E-state index in [2.05, 4.69) is 9.98 Å². The Morgan fingerprint density at radius 1 is 1.00 bits per heavy atom. The van der Waals surface area contributed by atoms with Gasteiger partial charge in [0.2, 0.25) is 0 Å². The second kappa shape index (κ2) is 8.13. The van der Waals surface area contributed by atoms with E-state index in [4.69, 9.17) is 16.5 Å². The summed E-state index contributed by atoms with van der Waals surface area (Å²) in [6.07, 6.45) is 3.96. The number of benzene rings is 3.